The number of halogens is 2. The number of hydrogen-bond donors (Lipinski definition) is 1. The molecule has 1 unspecified atom stereocenters. The number of aryl methyl sites for hydroxylation is 1. The highest BCUT2D eigenvalue weighted by Gasteiger charge is 2.14. The van der Waals surface area contributed by atoms with Gasteiger partial charge in [-0.25, -0.2) is 0 Å². The molecule has 0 saturated carbocycles. The van der Waals surface area contributed by atoms with Crippen LogP contribution in [-0.2, 0) is 6.42 Å². The summed E-state index contributed by atoms with van der Waals surface area (Å²) in [7, 11) is 0. The van der Waals surface area contributed by atoms with E-state index in [-0.39, 0.29) is 0 Å². The van der Waals surface area contributed by atoms with Crippen LogP contribution in [0.5, 0.6) is 0 Å². The molecule has 1 N–H and O–H groups in total. The van der Waals surface area contributed by atoms with Crippen LogP contribution in [0.1, 0.15) is 29.7 Å². The summed E-state index contributed by atoms with van der Waals surface area (Å²) >= 11 is 9.34. The first kappa shape index (κ1) is 13.6. The van der Waals surface area contributed by atoms with Gasteiger partial charge >= 0.3 is 0 Å². The molecule has 0 aromatic heterocycles. The first-order chi connectivity index (χ1) is 8.61. The van der Waals surface area contributed by atoms with Crippen LogP contribution in [0.15, 0.2) is 46.9 Å². The summed E-state index contributed by atoms with van der Waals surface area (Å²) < 4.78 is 0.919. The van der Waals surface area contributed by atoms with Gasteiger partial charge < -0.3 is 5.11 Å². The van der Waals surface area contributed by atoms with Crippen molar-refractivity contribution in [2.75, 3.05) is 0 Å². The Kier molecular flexibility index (Phi) is 4.44. The summed E-state index contributed by atoms with van der Waals surface area (Å²) in [4.78, 5) is 0. The number of aliphatic hydroxyl groups excluding tert-OH is 1. The molecular formula is C15H14BrClO. The Balaban J connectivity index is 2.38. The number of rotatable bonds is 3. The Morgan fingerprint density at radius 1 is 1.17 bits per heavy atom. The Bertz CT molecular complexity index is 537. The number of hydrogen-bond acceptors (Lipinski definition) is 1. The zero-order valence-electron chi connectivity index (χ0n) is 10.0. The normalized spacial score (nSPS) is 12.4. The average Bonchev–Trinajstić information content (AvgIpc) is 2.39. The van der Waals surface area contributed by atoms with Crippen LogP contribution in [0.4, 0.5) is 0 Å². The molecule has 0 heterocycles. The molecule has 18 heavy (non-hydrogen) atoms. The van der Waals surface area contributed by atoms with Crippen molar-refractivity contribution in [1.82, 2.24) is 0 Å². The van der Waals surface area contributed by atoms with Crippen molar-refractivity contribution in [2.24, 2.45) is 0 Å². The van der Waals surface area contributed by atoms with Gasteiger partial charge in [-0.1, -0.05) is 58.7 Å². The molecule has 0 aliphatic carbocycles. The molecule has 2 aromatic carbocycles. The molecule has 3 heteroatoms. The van der Waals surface area contributed by atoms with Crippen LogP contribution < -0.4 is 0 Å². The van der Waals surface area contributed by atoms with Crippen LogP contribution >= 0.6 is 27.5 Å². The highest BCUT2D eigenvalue weighted by atomic mass is 79.9. The van der Waals surface area contributed by atoms with Gasteiger partial charge in [-0.2, -0.15) is 0 Å². The minimum atomic E-state index is -0.636. The monoisotopic (exact) mass is 324 g/mol. The molecule has 0 fully saturated rings. The van der Waals surface area contributed by atoms with Gasteiger partial charge in [0.05, 0.1) is 0 Å². The minimum absolute atomic E-state index is 0.636. The van der Waals surface area contributed by atoms with Gasteiger partial charge in [0.2, 0.25) is 0 Å². The molecule has 0 amide bonds. The Hall–Kier alpha value is -0.830. The van der Waals surface area contributed by atoms with Gasteiger partial charge in [-0.3, -0.25) is 0 Å². The average molecular weight is 326 g/mol. The second kappa shape index (κ2) is 5.87. The van der Waals surface area contributed by atoms with Gasteiger partial charge in [0.25, 0.3) is 0 Å². The van der Waals surface area contributed by atoms with E-state index in [4.69, 9.17) is 11.6 Å². The Labute approximate surface area is 121 Å². The van der Waals surface area contributed by atoms with Crippen molar-refractivity contribution >= 4 is 27.5 Å². The molecule has 2 aromatic rings. The lowest BCUT2D eigenvalue weighted by atomic mass is 9.99. The zero-order valence-corrected chi connectivity index (χ0v) is 12.4. The van der Waals surface area contributed by atoms with Crippen molar-refractivity contribution < 1.29 is 5.11 Å². The zero-order chi connectivity index (χ0) is 13.1. The largest absolute Gasteiger partial charge is 0.384 e. The van der Waals surface area contributed by atoms with E-state index in [1.807, 2.05) is 24.3 Å². The second-order valence-electron chi connectivity index (χ2n) is 4.16. The van der Waals surface area contributed by atoms with Crippen molar-refractivity contribution in [3.05, 3.63) is 68.7 Å². The smallest absolute Gasteiger partial charge is 0.105 e. The van der Waals surface area contributed by atoms with Crippen molar-refractivity contribution in [1.29, 1.82) is 0 Å². The maximum absolute atomic E-state index is 10.4. The summed E-state index contributed by atoms with van der Waals surface area (Å²) in [6.07, 6.45) is 0.316. The van der Waals surface area contributed by atoms with E-state index in [2.05, 4.69) is 28.9 Å². The maximum atomic E-state index is 10.4. The predicted octanol–water partition coefficient (Wildman–Crippen LogP) is 4.75. The molecule has 1 atom stereocenters. The molecule has 0 saturated heterocycles. The van der Waals surface area contributed by atoms with E-state index in [0.717, 1.165) is 22.0 Å². The minimum Gasteiger partial charge on any atom is -0.384 e. The highest BCUT2D eigenvalue weighted by Crippen LogP contribution is 2.30. The van der Waals surface area contributed by atoms with E-state index in [9.17, 15) is 5.11 Å². The Morgan fingerprint density at radius 3 is 2.44 bits per heavy atom. The molecular weight excluding hydrogens is 312 g/mol. The first-order valence-electron chi connectivity index (χ1n) is 5.83. The Morgan fingerprint density at radius 2 is 1.83 bits per heavy atom. The highest BCUT2D eigenvalue weighted by molar-refractivity contribution is 9.10. The van der Waals surface area contributed by atoms with E-state index < -0.39 is 6.10 Å². The van der Waals surface area contributed by atoms with Crippen LogP contribution in [-0.4, -0.2) is 5.11 Å². The fourth-order valence-corrected chi connectivity index (χ4v) is 2.44. The third kappa shape index (κ3) is 2.94. The molecule has 2 rings (SSSR count). The number of aliphatic hydroxyl groups is 1. The lowest BCUT2D eigenvalue weighted by molar-refractivity contribution is 0.219. The molecule has 0 aliphatic heterocycles. The molecule has 94 valence electrons. The number of benzene rings is 2. The predicted molar refractivity (Wildman–Crippen MR) is 79.0 cm³/mol. The third-order valence-electron chi connectivity index (χ3n) is 2.95. The fourth-order valence-electron chi connectivity index (χ4n) is 1.85. The maximum Gasteiger partial charge on any atom is 0.105 e. The SMILES string of the molecule is CCc1ccc(Br)c(C(O)c2ccc(Cl)cc2)c1. The van der Waals surface area contributed by atoms with E-state index >= 15 is 0 Å². The quantitative estimate of drug-likeness (QED) is 0.863. The van der Waals surface area contributed by atoms with Gasteiger partial charge in [-0.15, -0.1) is 0 Å². The van der Waals surface area contributed by atoms with Crippen LogP contribution in [0, 0.1) is 0 Å². The van der Waals surface area contributed by atoms with Gasteiger partial charge in [-0.05, 0) is 41.3 Å². The second-order valence-corrected chi connectivity index (χ2v) is 5.45. The summed E-state index contributed by atoms with van der Waals surface area (Å²) in [5, 5.41) is 11.1. The van der Waals surface area contributed by atoms with Crippen LogP contribution in [0.3, 0.4) is 0 Å². The summed E-state index contributed by atoms with van der Waals surface area (Å²) in [5.41, 5.74) is 2.94. The summed E-state index contributed by atoms with van der Waals surface area (Å²) in [6, 6.07) is 13.3. The van der Waals surface area contributed by atoms with Crippen LogP contribution in [0.2, 0.25) is 5.02 Å². The lowest BCUT2D eigenvalue weighted by Gasteiger charge is -2.14. The lowest BCUT2D eigenvalue weighted by Crippen LogP contribution is -2.01. The van der Waals surface area contributed by atoms with Crippen molar-refractivity contribution in [3.8, 4) is 0 Å². The fraction of sp³-hybridized carbons (Fsp3) is 0.200. The summed E-state index contributed by atoms with van der Waals surface area (Å²) in [6.45, 7) is 2.10. The molecule has 1 nitrogen and oxygen atoms in total. The van der Waals surface area contributed by atoms with Crippen LogP contribution in [0.25, 0.3) is 0 Å². The third-order valence-corrected chi connectivity index (χ3v) is 3.92. The van der Waals surface area contributed by atoms with E-state index in [0.29, 0.717) is 5.02 Å². The summed E-state index contributed by atoms with van der Waals surface area (Å²) in [5.74, 6) is 0. The topological polar surface area (TPSA) is 20.2 Å². The molecule has 0 aliphatic rings. The van der Waals surface area contributed by atoms with Gasteiger partial charge in [0.1, 0.15) is 6.10 Å². The molecule has 0 bridgehead atoms. The van der Waals surface area contributed by atoms with Gasteiger partial charge in [0, 0.05) is 9.50 Å². The van der Waals surface area contributed by atoms with Crippen molar-refractivity contribution in [3.63, 3.8) is 0 Å². The van der Waals surface area contributed by atoms with E-state index in [1.54, 1.807) is 12.1 Å². The molecule has 0 spiro atoms. The first-order valence-corrected chi connectivity index (χ1v) is 7.00. The van der Waals surface area contributed by atoms with Gasteiger partial charge in [0.15, 0.2) is 0 Å². The van der Waals surface area contributed by atoms with Crippen molar-refractivity contribution in [2.45, 2.75) is 19.4 Å². The standard InChI is InChI=1S/C15H14BrClO/c1-2-10-3-8-14(16)13(9-10)15(18)11-4-6-12(17)7-5-11/h3-9,15,18H,2H2,1H3. The van der Waals surface area contributed by atoms with E-state index in [1.165, 1.54) is 5.56 Å². The molecule has 0 radical (unpaired) electrons.